The van der Waals surface area contributed by atoms with Crippen molar-refractivity contribution in [2.75, 3.05) is 0 Å². The van der Waals surface area contributed by atoms with E-state index in [0.717, 1.165) is 24.3 Å². The SMILES string of the molecule is Fc1cccc(F)c1-c1nncc(-c2ccc(-c3ccc(C(F)(F)F)cc3)cc2)n1. The molecule has 4 rings (SSSR count). The molecule has 4 aromatic rings. The number of benzene rings is 3. The Labute approximate surface area is 167 Å². The van der Waals surface area contributed by atoms with Crippen LogP contribution in [0.1, 0.15) is 5.56 Å². The molecule has 0 saturated carbocycles. The predicted molar refractivity (Wildman–Crippen MR) is 101 cm³/mol. The first-order chi connectivity index (χ1) is 14.3. The number of hydrogen-bond donors (Lipinski definition) is 0. The Hall–Kier alpha value is -3.68. The number of nitrogens with zero attached hydrogens (tertiary/aromatic N) is 3. The zero-order chi connectivity index (χ0) is 21.3. The van der Waals surface area contributed by atoms with Gasteiger partial charge in [0.2, 0.25) is 0 Å². The van der Waals surface area contributed by atoms with Crippen molar-refractivity contribution in [3.63, 3.8) is 0 Å². The van der Waals surface area contributed by atoms with Gasteiger partial charge in [0.05, 0.1) is 23.0 Å². The molecule has 0 spiro atoms. The van der Waals surface area contributed by atoms with E-state index in [4.69, 9.17) is 0 Å². The van der Waals surface area contributed by atoms with Crippen molar-refractivity contribution in [2.24, 2.45) is 0 Å². The van der Waals surface area contributed by atoms with Gasteiger partial charge in [0.1, 0.15) is 11.6 Å². The molecular formula is C22H12F5N3. The van der Waals surface area contributed by atoms with Gasteiger partial charge in [-0.3, -0.25) is 0 Å². The van der Waals surface area contributed by atoms with Crippen LogP contribution in [0.2, 0.25) is 0 Å². The van der Waals surface area contributed by atoms with E-state index >= 15 is 0 Å². The van der Waals surface area contributed by atoms with Gasteiger partial charge in [0.25, 0.3) is 0 Å². The second kappa shape index (κ2) is 7.62. The first-order valence-corrected chi connectivity index (χ1v) is 8.75. The van der Waals surface area contributed by atoms with E-state index in [1.807, 2.05) is 0 Å². The van der Waals surface area contributed by atoms with Crippen molar-refractivity contribution in [3.8, 4) is 33.8 Å². The molecule has 0 unspecified atom stereocenters. The second-order valence-corrected chi connectivity index (χ2v) is 6.41. The summed E-state index contributed by atoms with van der Waals surface area (Å²) in [6.45, 7) is 0. The highest BCUT2D eigenvalue weighted by molar-refractivity contribution is 5.69. The lowest BCUT2D eigenvalue weighted by Crippen LogP contribution is -2.03. The van der Waals surface area contributed by atoms with Crippen molar-refractivity contribution in [1.82, 2.24) is 15.2 Å². The average molecular weight is 413 g/mol. The highest BCUT2D eigenvalue weighted by Gasteiger charge is 2.29. The van der Waals surface area contributed by atoms with Gasteiger partial charge >= 0.3 is 6.18 Å². The number of hydrogen-bond acceptors (Lipinski definition) is 3. The summed E-state index contributed by atoms with van der Waals surface area (Å²) < 4.78 is 66.1. The van der Waals surface area contributed by atoms with Crippen molar-refractivity contribution in [3.05, 3.63) is 90.1 Å². The van der Waals surface area contributed by atoms with Gasteiger partial charge in [-0.15, -0.1) is 5.10 Å². The highest BCUT2D eigenvalue weighted by atomic mass is 19.4. The molecule has 30 heavy (non-hydrogen) atoms. The minimum atomic E-state index is -4.39. The molecule has 0 atom stereocenters. The summed E-state index contributed by atoms with van der Waals surface area (Å²) in [5.74, 6) is -1.78. The molecule has 0 N–H and O–H groups in total. The quantitative estimate of drug-likeness (QED) is 0.377. The molecule has 0 amide bonds. The second-order valence-electron chi connectivity index (χ2n) is 6.41. The third kappa shape index (κ3) is 3.89. The molecule has 0 aliphatic heterocycles. The molecule has 150 valence electrons. The molecule has 8 heteroatoms. The molecule has 0 bridgehead atoms. The van der Waals surface area contributed by atoms with E-state index in [-0.39, 0.29) is 11.4 Å². The monoisotopic (exact) mass is 413 g/mol. The van der Waals surface area contributed by atoms with Gasteiger partial charge in [-0.25, -0.2) is 13.8 Å². The lowest BCUT2D eigenvalue weighted by Gasteiger charge is -2.09. The summed E-state index contributed by atoms with van der Waals surface area (Å²) in [6, 6.07) is 15.1. The number of halogens is 5. The molecule has 1 heterocycles. The Bertz CT molecular complexity index is 1170. The predicted octanol–water partition coefficient (Wildman–Crippen LogP) is 6.17. The van der Waals surface area contributed by atoms with Crippen LogP contribution in [0.25, 0.3) is 33.8 Å². The standard InChI is InChI=1S/C22H12F5N3/c23-17-2-1-3-18(24)20(17)21-29-19(12-28-30-21)15-6-4-13(5-7-15)14-8-10-16(11-9-14)22(25,26)27/h1-12H. The van der Waals surface area contributed by atoms with Crippen molar-refractivity contribution >= 4 is 0 Å². The van der Waals surface area contributed by atoms with Crippen LogP contribution in [0.5, 0.6) is 0 Å². The van der Waals surface area contributed by atoms with E-state index in [1.54, 1.807) is 24.3 Å². The summed E-state index contributed by atoms with van der Waals surface area (Å²) in [5.41, 5.74) is 1.19. The van der Waals surface area contributed by atoms with Crippen LogP contribution in [0.15, 0.2) is 72.9 Å². The minimum absolute atomic E-state index is 0.185. The van der Waals surface area contributed by atoms with Gasteiger partial charge in [-0.1, -0.05) is 42.5 Å². The normalized spacial score (nSPS) is 11.5. The molecular weight excluding hydrogens is 401 g/mol. The maximum atomic E-state index is 14.0. The number of aromatic nitrogens is 3. The van der Waals surface area contributed by atoms with E-state index < -0.39 is 23.4 Å². The maximum absolute atomic E-state index is 14.0. The zero-order valence-corrected chi connectivity index (χ0v) is 15.2. The van der Waals surface area contributed by atoms with Crippen LogP contribution >= 0.6 is 0 Å². The summed E-state index contributed by atoms with van der Waals surface area (Å²) >= 11 is 0. The first kappa shape index (κ1) is 19.6. The molecule has 0 fully saturated rings. The molecule has 0 aliphatic carbocycles. The Morgan fingerprint density at radius 3 is 1.77 bits per heavy atom. The lowest BCUT2D eigenvalue weighted by molar-refractivity contribution is -0.137. The fourth-order valence-corrected chi connectivity index (χ4v) is 2.95. The van der Waals surface area contributed by atoms with Gasteiger partial charge in [-0.2, -0.15) is 18.3 Å². The fraction of sp³-hybridized carbons (Fsp3) is 0.0455. The first-order valence-electron chi connectivity index (χ1n) is 8.75. The van der Waals surface area contributed by atoms with E-state index in [9.17, 15) is 22.0 Å². The Kier molecular flexibility index (Phi) is 4.99. The summed E-state index contributed by atoms with van der Waals surface area (Å²) in [7, 11) is 0. The van der Waals surface area contributed by atoms with E-state index in [0.29, 0.717) is 22.4 Å². The molecule has 0 saturated heterocycles. The molecule has 0 radical (unpaired) electrons. The summed E-state index contributed by atoms with van der Waals surface area (Å²) in [5, 5.41) is 7.50. The zero-order valence-electron chi connectivity index (χ0n) is 15.2. The third-order valence-corrected chi connectivity index (χ3v) is 4.47. The van der Waals surface area contributed by atoms with Crippen LogP contribution in [-0.2, 0) is 6.18 Å². The number of rotatable bonds is 3. The van der Waals surface area contributed by atoms with Gasteiger partial charge < -0.3 is 0 Å². The van der Waals surface area contributed by atoms with Crippen molar-refractivity contribution in [2.45, 2.75) is 6.18 Å². The van der Waals surface area contributed by atoms with Crippen LogP contribution < -0.4 is 0 Å². The Morgan fingerprint density at radius 1 is 0.667 bits per heavy atom. The smallest absolute Gasteiger partial charge is 0.225 e. The molecule has 3 nitrogen and oxygen atoms in total. The molecule has 1 aromatic heterocycles. The largest absolute Gasteiger partial charge is 0.416 e. The van der Waals surface area contributed by atoms with Crippen molar-refractivity contribution < 1.29 is 22.0 Å². The summed E-state index contributed by atoms with van der Waals surface area (Å²) in [4.78, 5) is 4.20. The van der Waals surface area contributed by atoms with Gasteiger partial charge in [0.15, 0.2) is 5.82 Å². The third-order valence-electron chi connectivity index (χ3n) is 4.47. The van der Waals surface area contributed by atoms with Crippen LogP contribution in [-0.4, -0.2) is 15.2 Å². The van der Waals surface area contributed by atoms with Crippen LogP contribution in [0.4, 0.5) is 22.0 Å². The van der Waals surface area contributed by atoms with Gasteiger partial charge in [-0.05, 0) is 35.4 Å². The van der Waals surface area contributed by atoms with E-state index in [1.165, 1.54) is 24.4 Å². The molecule has 3 aromatic carbocycles. The topological polar surface area (TPSA) is 38.7 Å². The van der Waals surface area contributed by atoms with Crippen molar-refractivity contribution in [1.29, 1.82) is 0 Å². The molecule has 0 aliphatic rings. The van der Waals surface area contributed by atoms with Crippen LogP contribution in [0.3, 0.4) is 0 Å². The minimum Gasteiger partial charge on any atom is -0.225 e. The van der Waals surface area contributed by atoms with Crippen LogP contribution in [0, 0.1) is 11.6 Å². The lowest BCUT2D eigenvalue weighted by atomic mass is 10.0. The summed E-state index contributed by atoms with van der Waals surface area (Å²) in [6.07, 6.45) is -3.03. The maximum Gasteiger partial charge on any atom is 0.416 e. The van der Waals surface area contributed by atoms with Gasteiger partial charge in [0, 0.05) is 5.56 Å². The number of alkyl halides is 3. The average Bonchev–Trinajstić information content (AvgIpc) is 2.73. The highest BCUT2D eigenvalue weighted by Crippen LogP contribution is 2.31. The van der Waals surface area contributed by atoms with E-state index in [2.05, 4.69) is 15.2 Å². The fourth-order valence-electron chi connectivity index (χ4n) is 2.95. The Balaban J connectivity index is 1.64. The Morgan fingerprint density at radius 2 is 1.20 bits per heavy atom.